The zero-order valence-corrected chi connectivity index (χ0v) is 9.70. The van der Waals surface area contributed by atoms with Gasteiger partial charge in [-0.3, -0.25) is 0 Å². The molecule has 0 spiro atoms. The molecule has 0 aromatic heterocycles. The molecule has 3 heteroatoms. The maximum Gasteiger partial charge on any atom is 0.0105 e. The van der Waals surface area contributed by atoms with E-state index in [1.54, 1.807) is 0 Å². The van der Waals surface area contributed by atoms with Crippen molar-refractivity contribution in [3.05, 3.63) is 0 Å². The molecule has 0 amide bonds. The summed E-state index contributed by atoms with van der Waals surface area (Å²) in [7, 11) is 2.27. The third-order valence-electron chi connectivity index (χ3n) is 2.82. The van der Waals surface area contributed by atoms with Gasteiger partial charge in [-0.05, 0) is 45.7 Å². The van der Waals surface area contributed by atoms with Gasteiger partial charge >= 0.3 is 0 Å². The predicted octanol–water partition coefficient (Wildman–Crippen LogP) is 1.42. The molecule has 0 aromatic carbocycles. The Morgan fingerprint density at radius 1 is 1.38 bits per heavy atom. The molecule has 0 aromatic rings. The predicted molar refractivity (Wildman–Crippen MR) is 61.5 cm³/mol. The fourth-order valence-corrected chi connectivity index (χ4v) is 2.33. The summed E-state index contributed by atoms with van der Waals surface area (Å²) in [6.07, 6.45) is 6.22. The van der Waals surface area contributed by atoms with E-state index in [0.29, 0.717) is 0 Å². The molecule has 1 rings (SSSR count). The van der Waals surface area contributed by atoms with Crippen LogP contribution >= 0.6 is 11.8 Å². The van der Waals surface area contributed by atoms with Crippen LogP contribution < -0.4 is 5.32 Å². The Morgan fingerprint density at radius 3 is 3.00 bits per heavy atom. The summed E-state index contributed by atoms with van der Waals surface area (Å²) in [6.45, 7) is 3.66. The second-order valence-electron chi connectivity index (χ2n) is 3.81. The second kappa shape index (κ2) is 6.68. The van der Waals surface area contributed by atoms with Crippen molar-refractivity contribution in [2.24, 2.45) is 0 Å². The van der Waals surface area contributed by atoms with Gasteiger partial charge in [-0.2, -0.15) is 11.8 Å². The molecular formula is C10H22N2S. The molecule has 2 nitrogen and oxygen atoms in total. The minimum absolute atomic E-state index is 0.821. The van der Waals surface area contributed by atoms with Gasteiger partial charge in [0.1, 0.15) is 0 Å². The Kier molecular flexibility index (Phi) is 5.83. The Bertz CT molecular complexity index is 122. The van der Waals surface area contributed by atoms with Crippen LogP contribution in [0.5, 0.6) is 0 Å². The molecule has 78 valence electrons. The second-order valence-corrected chi connectivity index (χ2v) is 4.79. The van der Waals surface area contributed by atoms with Gasteiger partial charge in [0.2, 0.25) is 0 Å². The standard InChI is InChI=1S/C10H22N2S/c1-12(8-9-13-2)10-4-3-6-11-7-5-10/h10-11H,3-9H2,1-2H3. The van der Waals surface area contributed by atoms with Gasteiger partial charge in [-0.15, -0.1) is 0 Å². The van der Waals surface area contributed by atoms with Crippen LogP contribution in [-0.4, -0.2) is 49.6 Å². The fourth-order valence-electron chi connectivity index (χ4n) is 1.86. The van der Waals surface area contributed by atoms with Gasteiger partial charge in [-0.25, -0.2) is 0 Å². The van der Waals surface area contributed by atoms with E-state index in [-0.39, 0.29) is 0 Å². The molecule has 1 aliphatic heterocycles. The average Bonchev–Trinajstić information content (AvgIpc) is 2.42. The van der Waals surface area contributed by atoms with E-state index in [9.17, 15) is 0 Å². The first-order valence-corrected chi connectivity index (χ1v) is 6.64. The highest BCUT2D eigenvalue weighted by atomic mass is 32.2. The van der Waals surface area contributed by atoms with Crippen molar-refractivity contribution in [3.63, 3.8) is 0 Å². The lowest BCUT2D eigenvalue weighted by molar-refractivity contribution is 0.237. The molecule has 1 aliphatic rings. The summed E-state index contributed by atoms with van der Waals surface area (Å²) >= 11 is 1.94. The van der Waals surface area contributed by atoms with Crippen LogP contribution in [0.25, 0.3) is 0 Å². The molecule has 0 bridgehead atoms. The molecule has 0 saturated carbocycles. The van der Waals surface area contributed by atoms with Gasteiger partial charge in [0.25, 0.3) is 0 Å². The molecule has 1 N–H and O–H groups in total. The van der Waals surface area contributed by atoms with Crippen LogP contribution in [0.1, 0.15) is 19.3 Å². The molecule has 1 atom stereocenters. The number of nitrogens with zero attached hydrogens (tertiary/aromatic N) is 1. The first-order valence-electron chi connectivity index (χ1n) is 5.24. The summed E-state index contributed by atoms with van der Waals surface area (Å²) in [6, 6.07) is 0.821. The Hall–Kier alpha value is 0.270. The van der Waals surface area contributed by atoms with E-state index in [2.05, 4.69) is 23.5 Å². The molecule has 1 saturated heterocycles. The zero-order valence-electron chi connectivity index (χ0n) is 8.88. The minimum atomic E-state index is 0.821. The van der Waals surface area contributed by atoms with Crippen molar-refractivity contribution in [1.29, 1.82) is 0 Å². The lowest BCUT2D eigenvalue weighted by Gasteiger charge is -2.26. The molecule has 1 fully saturated rings. The number of hydrogen-bond acceptors (Lipinski definition) is 3. The first-order chi connectivity index (χ1) is 6.34. The van der Waals surface area contributed by atoms with Crippen LogP contribution in [0.15, 0.2) is 0 Å². The minimum Gasteiger partial charge on any atom is -0.317 e. The Labute approximate surface area is 86.5 Å². The third kappa shape index (κ3) is 4.34. The largest absolute Gasteiger partial charge is 0.317 e. The zero-order chi connectivity index (χ0) is 9.52. The maximum atomic E-state index is 3.46. The van der Waals surface area contributed by atoms with Crippen molar-refractivity contribution in [2.75, 3.05) is 38.7 Å². The van der Waals surface area contributed by atoms with Crippen molar-refractivity contribution >= 4 is 11.8 Å². The molecule has 0 radical (unpaired) electrons. The SMILES string of the molecule is CSCCN(C)C1CCCNCC1. The summed E-state index contributed by atoms with van der Waals surface area (Å²) in [4.78, 5) is 2.53. The highest BCUT2D eigenvalue weighted by Crippen LogP contribution is 2.11. The van der Waals surface area contributed by atoms with Crippen molar-refractivity contribution in [3.8, 4) is 0 Å². The van der Waals surface area contributed by atoms with Gasteiger partial charge in [0.05, 0.1) is 0 Å². The average molecular weight is 202 g/mol. The Balaban J connectivity index is 2.22. The van der Waals surface area contributed by atoms with Crippen LogP contribution in [-0.2, 0) is 0 Å². The van der Waals surface area contributed by atoms with Gasteiger partial charge in [0, 0.05) is 18.3 Å². The van der Waals surface area contributed by atoms with Crippen LogP contribution in [0.2, 0.25) is 0 Å². The maximum absolute atomic E-state index is 3.46. The van der Waals surface area contributed by atoms with Gasteiger partial charge in [-0.1, -0.05) is 0 Å². The number of rotatable bonds is 4. The highest BCUT2D eigenvalue weighted by molar-refractivity contribution is 7.98. The van der Waals surface area contributed by atoms with E-state index >= 15 is 0 Å². The summed E-state index contributed by atoms with van der Waals surface area (Å²) < 4.78 is 0. The quantitative estimate of drug-likeness (QED) is 0.742. The lowest BCUT2D eigenvalue weighted by Crippen LogP contribution is -2.34. The fraction of sp³-hybridized carbons (Fsp3) is 1.00. The van der Waals surface area contributed by atoms with E-state index < -0.39 is 0 Å². The normalized spacial score (nSPS) is 24.7. The van der Waals surface area contributed by atoms with Crippen molar-refractivity contribution in [2.45, 2.75) is 25.3 Å². The number of nitrogens with one attached hydrogen (secondary N) is 1. The molecule has 1 unspecified atom stereocenters. The van der Waals surface area contributed by atoms with E-state index in [0.717, 1.165) is 6.04 Å². The first kappa shape index (κ1) is 11.3. The van der Waals surface area contributed by atoms with Gasteiger partial charge in [0.15, 0.2) is 0 Å². The molecular weight excluding hydrogens is 180 g/mol. The molecule has 0 aliphatic carbocycles. The van der Waals surface area contributed by atoms with E-state index in [1.165, 1.54) is 44.6 Å². The molecule has 13 heavy (non-hydrogen) atoms. The monoisotopic (exact) mass is 202 g/mol. The van der Waals surface area contributed by atoms with Crippen LogP contribution in [0.4, 0.5) is 0 Å². The third-order valence-corrected chi connectivity index (χ3v) is 3.41. The topological polar surface area (TPSA) is 15.3 Å². The van der Waals surface area contributed by atoms with E-state index in [1.807, 2.05) is 11.8 Å². The highest BCUT2D eigenvalue weighted by Gasteiger charge is 2.15. The van der Waals surface area contributed by atoms with Crippen molar-refractivity contribution < 1.29 is 0 Å². The van der Waals surface area contributed by atoms with Gasteiger partial charge < -0.3 is 10.2 Å². The Morgan fingerprint density at radius 2 is 2.23 bits per heavy atom. The summed E-state index contributed by atoms with van der Waals surface area (Å²) in [5.74, 6) is 1.26. The van der Waals surface area contributed by atoms with Crippen LogP contribution in [0, 0.1) is 0 Å². The van der Waals surface area contributed by atoms with E-state index in [4.69, 9.17) is 0 Å². The summed E-state index contributed by atoms with van der Waals surface area (Å²) in [5.41, 5.74) is 0. The van der Waals surface area contributed by atoms with Crippen molar-refractivity contribution in [1.82, 2.24) is 10.2 Å². The number of hydrogen-bond donors (Lipinski definition) is 1. The molecule has 1 heterocycles. The smallest absolute Gasteiger partial charge is 0.0105 e. The number of thioether (sulfide) groups is 1. The lowest BCUT2D eigenvalue weighted by atomic mass is 10.1. The van der Waals surface area contributed by atoms with Crippen LogP contribution in [0.3, 0.4) is 0 Å². The summed E-state index contributed by atoms with van der Waals surface area (Å²) in [5, 5.41) is 3.46.